The zero-order valence-electron chi connectivity index (χ0n) is 7.53. The van der Waals surface area contributed by atoms with Gasteiger partial charge in [0.05, 0.1) is 5.92 Å². The van der Waals surface area contributed by atoms with Gasteiger partial charge in [-0.05, 0) is 13.3 Å². The predicted molar refractivity (Wildman–Crippen MR) is 46.4 cm³/mol. The first-order valence-corrected chi connectivity index (χ1v) is 4.42. The fourth-order valence-electron chi connectivity index (χ4n) is 1.83. The molecule has 0 aliphatic carbocycles. The largest absolute Gasteiger partial charge is 0.481 e. The molecule has 2 rings (SSSR count). The Balaban J connectivity index is 2.25. The number of hydrogen-bond acceptors (Lipinski definition) is 2. The lowest BCUT2D eigenvalue weighted by molar-refractivity contribution is -0.142. The quantitative estimate of drug-likeness (QED) is 0.696. The number of carbonyl (C=O) groups is 1. The zero-order valence-corrected chi connectivity index (χ0v) is 7.53. The van der Waals surface area contributed by atoms with Crippen LogP contribution in [0.5, 0.6) is 0 Å². The maximum atomic E-state index is 10.7. The second kappa shape index (κ2) is 2.87. The molecule has 0 aromatic carbocycles. The van der Waals surface area contributed by atoms with Crippen LogP contribution in [0.3, 0.4) is 0 Å². The lowest BCUT2D eigenvalue weighted by Gasteiger charge is -2.21. The van der Waals surface area contributed by atoms with E-state index in [2.05, 4.69) is 9.55 Å². The number of rotatable bonds is 1. The Morgan fingerprint density at radius 1 is 1.77 bits per heavy atom. The molecular formula is C9H12N2O2. The minimum absolute atomic E-state index is 0.219. The van der Waals surface area contributed by atoms with Crippen LogP contribution in [0.25, 0.3) is 0 Å². The van der Waals surface area contributed by atoms with Crippen molar-refractivity contribution < 1.29 is 9.90 Å². The first kappa shape index (κ1) is 8.29. The SMILES string of the molecule is Cc1ncc2n1CC[C@@H](C(=O)O)C2. The fourth-order valence-corrected chi connectivity index (χ4v) is 1.83. The monoisotopic (exact) mass is 180 g/mol. The van der Waals surface area contributed by atoms with Crippen LogP contribution in [0, 0.1) is 12.8 Å². The maximum absolute atomic E-state index is 10.7. The summed E-state index contributed by atoms with van der Waals surface area (Å²) in [5, 5.41) is 8.84. The normalized spacial score (nSPS) is 21.2. The molecule has 4 heteroatoms. The zero-order chi connectivity index (χ0) is 9.42. The first-order valence-electron chi connectivity index (χ1n) is 4.42. The molecule has 0 saturated carbocycles. The molecule has 1 aromatic heterocycles. The van der Waals surface area contributed by atoms with Crippen molar-refractivity contribution in [2.24, 2.45) is 5.92 Å². The molecule has 1 atom stereocenters. The Bertz CT molecular complexity index is 343. The van der Waals surface area contributed by atoms with Gasteiger partial charge in [-0.2, -0.15) is 0 Å². The van der Waals surface area contributed by atoms with Gasteiger partial charge in [0, 0.05) is 24.9 Å². The van der Waals surface area contributed by atoms with Gasteiger partial charge in [-0.3, -0.25) is 4.79 Å². The van der Waals surface area contributed by atoms with Gasteiger partial charge in [0.25, 0.3) is 0 Å². The van der Waals surface area contributed by atoms with Gasteiger partial charge in [-0.25, -0.2) is 4.98 Å². The molecule has 0 radical (unpaired) electrons. The average Bonchev–Trinajstić information content (AvgIpc) is 2.47. The molecule has 0 saturated heterocycles. The van der Waals surface area contributed by atoms with E-state index >= 15 is 0 Å². The predicted octanol–water partition coefficient (Wildman–Crippen LogP) is 0.839. The van der Waals surface area contributed by atoms with Crippen molar-refractivity contribution in [2.45, 2.75) is 26.3 Å². The van der Waals surface area contributed by atoms with Crippen molar-refractivity contribution in [2.75, 3.05) is 0 Å². The van der Waals surface area contributed by atoms with Crippen LogP contribution in [-0.2, 0) is 17.8 Å². The lowest BCUT2D eigenvalue weighted by Crippen LogP contribution is -2.25. The second-order valence-electron chi connectivity index (χ2n) is 3.48. The smallest absolute Gasteiger partial charge is 0.306 e. The molecule has 0 amide bonds. The second-order valence-corrected chi connectivity index (χ2v) is 3.48. The molecule has 1 aromatic rings. The maximum Gasteiger partial charge on any atom is 0.306 e. The standard InChI is InChI=1S/C9H12N2O2/c1-6-10-5-8-4-7(9(12)13)2-3-11(6)8/h5,7H,2-4H2,1H3,(H,12,13)/t7-/m1/s1. The van der Waals surface area contributed by atoms with E-state index in [1.165, 1.54) is 0 Å². The van der Waals surface area contributed by atoms with Crippen LogP contribution in [0.1, 0.15) is 17.9 Å². The fraction of sp³-hybridized carbons (Fsp3) is 0.556. The number of carboxylic acid groups (broad SMARTS) is 1. The summed E-state index contributed by atoms with van der Waals surface area (Å²) in [7, 11) is 0. The first-order chi connectivity index (χ1) is 6.18. The molecule has 1 aliphatic heterocycles. The number of carboxylic acids is 1. The van der Waals surface area contributed by atoms with Crippen molar-refractivity contribution in [3.8, 4) is 0 Å². The van der Waals surface area contributed by atoms with Crippen LogP contribution in [-0.4, -0.2) is 20.6 Å². The van der Waals surface area contributed by atoms with Crippen LogP contribution >= 0.6 is 0 Å². The molecule has 0 bridgehead atoms. The Kier molecular flexibility index (Phi) is 1.83. The summed E-state index contributed by atoms with van der Waals surface area (Å²) in [5.74, 6) is 0.0764. The third-order valence-corrected chi connectivity index (χ3v) is 2.64. The van der Waals surface area contributed by atoms with E-state index in [0.29, 0.717) is 6.42 Å². The number of aliphatic carboxylic acids is 1. The molecule has 0 unspecified atom stereocenters. The van der Waals surface area contributed by atoms with Crippen molar-refractivity contribution in [1.82, 2.24) is 9.55 Å². The highest BCUT2D eigenvalue weighted by Gasteiger charge is 2.24. The minimum Gasteiger partial charge on any atom is -0.481 e. The van der Waals surface area contributed by atoms with Gasteiger partial charge < -0.3 is 9.67 Å². The van der Waals surface area contributed by atoms with Crippen LogP contribution in [0.15, 0.2) is 6.20 Å². The molecule has 2 heterocycles. The number of aryl methyl sites for hydroxylation is 1. The van der Waals surface area contributed by atoms with Gasteiger partial charge in [0.2, 0.25) is 0 Å². The van der Waals surface area contributed by atoms with Crippen LogP contribution in [0.2, 0.25) is 0 Å². The topological polar surface area (TPSA) is 55.1 Å². The Morgan fingerprint density at radius 3 is 3.23 bits per heavy atom. The highest BCUT2D eigenvalue weighted by Crippen LogP contribution is 2.21. The average molecular weight is 180 g/mol. The van der Waals surface area contributed by atoms with Gasteiger partial charge in [0.1, 0.15) is 5.82 Å². The summed E-state index contributed by atoms with van der Waals surface area (Å²) in [6.45, 7) is 2.74. The summed E-state index contributed by atoms with van der Waals surface area (Å²) >= 11 is 0. The highest BCUT2D eigenvalue weighted by molar-refractivity contribution is 5.70. The minimum atomic E-state index is -0.690. The van der Waals surface area contributed by atoms with E-state index in [9.17, 15) is 4.79 Å². The molecule has 1 aliphatic rings. The number of nitrogens with zero attached hydrogens (tertiary/aromatic N) is 2. The Labute approximate surface area is 76.2 Å². The molecule has 70 valence electrons. The van der Waals surface area contributed by atoms with E-state index in [4.69, 9.17) is 5.11 Å². The van der Waals surface area contributed by atoms with E-state index in [1.807, 2.05) is 6.92 Å². The lowest BCUT2D eigenvalue weighted by atomic mass is 9.96. The number of fused-ring (bicyclic) bond motifs is 1. The molecule has 0 spiro atoms. The third kappa shape index (κ3) is 1.32. The molecule has 4 nitrogen and oxygen atoms in total. The molecular weight excluding hydrogens is 168 g/mol. The third-order valence-electron chi connectivity index (χ3n) is 2.64. The molecule has 13 heavy (non-hydrogen) atoms. The molecule has 0 fully saturated rings. The van der Waals surface area contributed by atoms with E-state index in [-0.39, 0.29) is 5.92 Å². The Hall–Kier alpha value is -1.32. The van der Waals surface area contributed by atoms with Crippen molar-refractivity contribution >= 4 is 5.97 Å². The van der Waals surface area contributed by atoms with Crippen molar-refractivity contribution in [3.63, 3.8) is 0 Å². The van der Waals surface area contributed by atoms with Crippen LogP contribution in [0.4, 0.5) is 0 Å². The highest BCUT2D eigenvalue weighted by atomic mass is 16.4. The number of aromatic nitrogens is 2. The van der Waals surface area contributed by atoms with Gasteiger partial charge in [-0.15, -0.1) is 0 Å². The summed E-state index contributed by atoms with van der Waals surface area (Å²) in [5.41, 5.74) is 1.05. The van der Waals surface area contributed by atoms with E-state index in [0.717, 1.165) is 24.5 Å². The van der Waals surface area contributed by atoms with E-state index < -0.39 is 5.97 Å². The van der Waals surface area contributed by atoms with Crippen molar-refractivity contribution in [1.29, 1.82) is 0 Å². The van der Waals surface area contributed by atoms with Gasteiger partial charge >= 0.3 is 5.97 Å². The van der Waals surface area contributed by atoms with Crippen LogP contribution < -0.4 is 0 Å². The summed E-state index contributed by atoms with van der Waals surface area (Å²) in [6.07, 6.45) is 3.13. The summed E-state index contributed by atoms with van der Waals surface area (Å²) < 4.78 is 2.10. The molecule has 1 N–H and O–H groups in total. The number of hydrogen-bond donors (Lipinski definition) is 1. The van der Waals surface area contributed by atoms with Gasteiger partial charge in [-0.1, -0.05) is 0 Å². The summed E-state index contributed by atoms with van der Waals surface area (Å²) in [6, 6.07) is 0. The Morgan fingerprint density at radius 2 is 2.54 bits per heavy atom. The van der Waals surface area contributed by atoms with Gasteiger partial charge in [0.15, 0.2) is 0 Å². The van der Waals surface area contributed by atoms with E-state index in [1.54, 1.807) is 6.20 Å². The van der Waals surface area contributed by atoms with Crippen molar-refractivity contribution in [3.05, 3.63) is 17.7 Å². The summed E-state index contributed by atoms with van der Waals surface area (Å²) in [4.78, 5) is 14.9. The number of imidazole rings is 1.